The minimum Gasteiger partial charge on any atom is -0.491 e. The van der Waals surface area contributed by atoms with E-state index in [-0.39, 0.29) is 5.91 Å². The zero-order chi connectivity index (χ0) is 21.0. The van der Waals surface area contributed by atoms with Crippen LogP contribution in [0.4, 0.5) is 18.9 Å². The first kappa shape index (κ1) is 20.9. The number of hydrogen-bond acceptors (Lipinski definition) is 4. The number of nitrogens with zero attached hydrogens (tertiary/aromatic N) is 1. The summed E-state index contributed by atoms with van der Waals surface area (Å²) in [6.45, 7) is 4.22. The second kappa shape index (κ2) is 8.65. The summed E-state index contributed by atoms with van der Waals surface area (Å²) in [5, 5.41) is 3.31. The Morgan fingerprint density at radius 3 is 2.48 bits per heavy atom. The predicted molar refractivity (Wildman–Crippen MR) is 107 cm³/mol. The summed E-state index contributed by atoms with van der Waals surface area (Å²) in [7, 11) is 0. The number of carbonyl (C=O) groups excluding carboxylic acids is 1. The van der Waals surface area contributed by atoms with Crippen LogP contribution in [-0.2, 0) is 6.18 Å². The first-order valence-corrected chi connectivity index (χ1v) is 9.79. The van der Waals surface area contributed by atoms with Crippen LogP contribution in [0.1, 0.15) is 34.3 Å². The Kier molecular flexibility index (Phi) is 6.22. The quantitative estimate of drug-likeness (QED) is 0.518. The van der Waals surface area contributed by atoms with Gasteiger partial charge in [0.15, 0.2) is 0 Å². The molecular weight excluding hydrogens is 401 g/mol. The van der Waals surface area contributed by atoms with Crippen molar-refractivity contribution in [1.82, 2.24) is 4.98 Å². The van der Waals surface area contributed by atoms with Crippen LogP contribution in [0.5, 0.6) is 5.75 Å². The SMILES string of the molecule is CCCOc1ccccc1NC(=O)c1sc(-c2ccc(C(F)(F)F)cc2)nc1C. The molecule has 1 aromatic heterocycles. The highest BCUT2D eigenvalue weighted by atomic mass is 32.1. The number of carbonyl (C=O) groups is 1. The van der Waals surface area contributed by atoms with Crippen molar-refractivity contribution in [3.63, 3.8) is 0 Å². The standard InChI is InChI=1S/C21H19F3N2O2S/c1-3-12-28-17-7-5-4-6-16(17)26-19(27)18-13(2)25-20(29-18)14-8-10-15(11-9-14)21(22,23)24/h4-11H,3,12H2,1-2H3,(H,26,27). The maximum absolute atomic E-state index is 12.7. The van der Waals surface area contributed by atoms with Crippen molar-refractivity contribution in [2.75, 3.05) is 11.9 Å². The molecule has 8 heteroatoms. The fourth-order valence-electron chi connectivity index (χ4n) is 2.62. The summed E-state index contributed by atoms with van der Waals surface area (Å²) in [6.07, 6.45) is -3.55. The molecule has 0 saturated carbocycles. The molecule has 0 radical (unpaired) electrons. The van der Waals surface area contributed by atoms with Crippen LogP contribution in [0.3, 0.4) is 0 Å². The molecule has 1 N–H and O–H groups in total. The van der Waals surface area contributed by atoms with Crippen LogP contribution in [0.15, 0.2) is 48.5 Å². The van der Waals surface area contributed by atoms with Crippen molar-refractivity contribution < 1.29 is 22.7 Å². The van der Waals surface area contributed by atoms with E-state index in [1.54, 1.807) is 25.1 Å². The highest BCUT2D eigenvalue weighted by Gasteiger charge is 2.30. The lowest BCUT2D eigenvalue weighted by atomic mass is 10.1. The first-order chi connectivity index (χ1) is 13.8. The van der Waals surface area contributed by atoms with Gasteiger partial charge in [0.1, 0.15) is 15.6 Å². The van der Waals surface area contributed by atoms with E-state index in [9.17, 15) is 18.0 Å². The third-order valence-electron chi connectivity index (χ3n) is 4.06. The van der Waals surface area contributed by atoms with Gasteiger partial charge in [-0.1, -0.05) is 31.2 Å². The second-order valence-electron chi connectivity index (χ2n) is 6.31. The molecule has 1 amide bonds. The van der Waals surface area contributed by atoms with Gasteiger partial charge in [0.25, 0.3) is 5.91 Å². The first-order valence-electron chi connectivity index (χ1n) is 8.98. The smallest absolute Gasteiger partial charge is 0.416 e. The van der Waals surface area contributed by atoms with Gasteiger partial charge in [0.05, 0.1) is 23.6 Å². The summed E-state index contributed by atoms with van der Waals surface area (Å²) in [4.78, 5) is 17.5. The van der Waals surface area contributed by atoms with Crippen LogP contribution in [0.25, 0.3) is 10.6 Å². The van der Waals surface area contributed by atoms with Crippen molar-refractivity contribution in [2.45, 2.75) is 26.4 Å². The molecule has 0 bridgehead atoms. The molecule has 0 aliphatic heterocycles. The molecule has 3 rings (SSSR count). The Labute approximate surface area is 170 Å². The van der Waals surface area contributed by atoms with Gasteiger partial charge in [0, 0.05) is 5.56 Å². The molecule has 0 aliphatic rings. The molecule has 0 aliphatic carbocycles. The Morgan fingerprint density at radius 1 is 1.14 bits per heavy atom. The van der Waals surface area contributed by atoms with E-state index in [2.05, 4.69) is 10.3 Å². The third-order valence-corrected chi connectivity index (χ3v) is 5.26. The topological polar surface area (TPSA) is 51.2 Å². The highest BCUT2D eigenvalue weighted by Crippen LogP contribution is 2.33. The number of alkyl halides is 3. The molecule has 0 saturated heterocycles. The number of amides is 1. The number of benzene rings is 2. The summed E-state index contributed by atoms with van der Waals surface area (Å²) in [5.41, 5.74) is 0.859. The van der Waals surface area contributed by atoms with E-state index >= 15 is 0 Å². The monoisotopic (exact) mass is 420 g/mol. The normalized spacial score (nSPS) is 11.3. The van der Waals surface area contributed by atoms with E-state index in [4.69, 9.17) is 4.74 Å². The largest absolute Gasteiger partial charge is 0.491 e. The maximum Gasteiger partial charge on any atom is 0.416 e. The number of rotatable bonds is 6. The van der Waals surface area contributed by atoms with Crippen LogP contribution in [0.2, 0.25) is 0 Å². The van der Waals surface area contributed by atoms with E-state index in [0.29, 0.717) is 39.2 Å². The predicted octanol–water partition coefficient (Wildman–Crippen LogP) is 6.18. The second-order valence-corrected chi connectivity index (χ2v) is 7.31. The van der Waals surface area contributed by atoms with Gasteiger partial charge < -0.3 is 10.1 Å². The molecule has 2 aromatic carbocycles. The lowest BCUT2D eigenvalue weighted by Crippen LogP contribution is -2.12. The molecule has 0 fully saturated rings. The summed E-state index contributed by atoms with van der Waals surface area (Å²) in [6, 6.07) is 11.9. The molecule has 3 aromatic rings. The molecule has 1 heterocycles. The van der Waals surface area contributed by atoms with E-state index in [1.165, 1.54) is 12.1 Å². The van der Waals surface area contributed by atoms with Gasteiger partial charge >= 0.3 is 6.18 Å². The number of para-hydroxylation sites is 2. The molecule has 0 unspecified atom stereocenters. The van der Waals surface area contributed by atoms with E-state index in [0.717, 1.165) is 29.9 Å². The van der Waals surface area contributed by atoms with Crippen molar-refractivity contribution in [1.29, 1.82) is 0 Å². The number of nitrogens with one attached hydrogen (secondary N) is 1. The Bertz CT molecular complexity index is 998. The van der Waals surface area contributed by atoms with Crippen molar-refractivity contribution in [2.24, 2.45) is 0 Å². The van der Waals surface area contributed by atoms with E-state index < -0.39 is 11.7 Å². The van der Waals surface area contributed by atoms with Crippen molar-refractivity contribution in [3.8, 4) is 16.3 Å². The van der Waals surface area contributed by atoms with Gasteiger partial charge in [-0.25, -0.2) is 4.98 Å². The van der Waals surface area contributed by atoms with E-state index in [1.807, 2.05) is 13.0 Å². The van der Waals surface area contributed by atoms with Crippen LogP contribution >= 0.6 is 11.3 Å². The average Bonchev–Trinajstić information content (AvgIpc) is 3.08. The molecule has 0 atom stereocenters. The number of hydrogen-bond donors (Lipinski definition) is 1. The number of ether oxygens (including phenoxy) is 1. The molecule has 152 valence electrons. The van der Waals surface area contributed by atoms with Crippen LogP contribution in [0, 0.1) is 6.92 Å². The number of thiazole rings is 1. The van der Waals surface area contributed by atoms with Crippen LogP contribution < -0.4 is 10.1 Å². The molecular formula is C21H19F3N2O2S. The minimum absolute atomic E-state index is 0.342. The third kappa shape index (κ3) is 4.95. The number of aryl methyl sites for hydroxylation is 1. The number of aromatic nitrogens is 1. The van der Waals surface area contributed by atoms with Gasteiger partial charge in [-0.05, 0) is 37.6 Å². The number of halogens is 3. The molecule has 4 nitrogen and oxygen atoms in total. The highest BCUT2D eigenvalue weighted by molar-refractivity contribution is 7.17. The Morgan fingerprint density at radius 2 is 1.83 bits per heavy atom. The minimum atomic E-state index is -4.39. The van der Waals surface area contributed by atoms with Crippen molar-refractivity contribution >= 4 is 22.9 Å². The average molecular weight is 420 g/mol. The summed E-state index contributed by atoms with van der Waals surface area (Å²) < 4.78 is 43.9. The summed E-state index contributed by atoms with van der Waals surface area (Å²) in [5.74, 6) is 0.235. The Balaban J connectivity index is 1.81. The van der Waals surface area contributed by atoms with Crippen molar-refractivity contribution in [3.05, 3.63) is 64.7 Å². The fourth-order valence-corrected chi connectivity index (χ4v) is 3.59. The van der Waals surface area contributed by atoms with Gasteiger partial charge in [-0.3, -0.25) is 4.79 Å². The maximum atomic E-state index is 12.7. The summed E-state index contributed by atoms with van der Waals surface area (Å²) >= 11 is 1.13. The fraction of sp³-hybridized carbons (Fsp3) is 0.238. The Hall–Kier alpha value is -2.87. The van der Waals surface area contributed by atoms with Gasteiger partial charge in [-0.15, -0.1) is 11.3 Å². The van der Waals surface area contributed by atoms with Gasteiger partial charge in [0.2, 0.25) is 0 Å². The zero-order valence-corrected chi connectivity index (χ0v) is 16.7. The van der Waals surface area contributed by atoms with Crippen LogP contribution in [-0.4, -0.2) is 17.5 Å². The number of anilines is 1. The lowest BCUT2D eigenvalue weighted by Gasteiger charge is -2.11. The molecule has 0 spiro atoms. The zero-order valence-electron chi connectivity index (χ0n) is 15.8. The molecule has 29 heavy (non-hydrogen) atoms. The van der Waals surface area contributed by atoms with Gasteiger partial charge in [-0.2, -0.15) is 13.2 Å². The lowest BCUT2D eigenvalue weighted by molar-refractivity contribution is -0.137.